The van der Waals surface area contributed by atoms with Crippen LogP contribution in [0.5, 0.6) is 0 Å². The fourth-order valence-corrected chi connectivity index (χ4v) is 2.47. The molecule has 1 amide bonds. The van der Waals surface area contributed by atoms with Gasteiger partial charge in [0.1, 0.15) is 5.82 Å². The second-order valence-corrected chi connectivity index (χ2v) is 5.67. The maximum atomic E-state index is 12.1. The lowest BCUT2D eigenvalue weighted by Crippen LogP contribution is -2.26. The first-order chi connectivity index (χ1) is 13.2. The summed E-state index contributed by atoms with van der Waals surface area (Å²) in [4.78, 5) is 20.8. The van der Waals surface area contributed by atoms with Crippen molar-refractivity contribution < 1.29 is 9.90 Å². The van der Waals surface area contributed by atoms with Crippen LogP contribution in [0.3, 0.4) is 0 Å². The largest absolute Gasteiger partial charge is 0.395 e. The van der Waals surface area contributed by atoms with E-state index in [0.29, 0.717) is 22.6 Å². The Hall–Kier alpha value is -3.76. The number of anilines is 2. The van der Waals surface area contributed by atoms with Gasteiger partial charge in [0.2, 0.25) is 0 Å². The Morgan fingerprint density at radius 1 is 1.15 bits per heavy atom. The Morgan fingerprint density at radius 2 is 2.00 bits per heavy atom. The van der Waals surface area contributed by atoms with Gasteiger partial charge in [-0.1, -0.05) is 18.2 Å². The van der Waals surface area contributed by atoms with Crippen molar-refractivity contribution in [3.63, 3.8) is 0 Å². The van der Waals surface area contributed by atoms with E-state index in [-0.39, 0.29) is 19.1 Å². The number of carbonyl (C=O) groups is 1. The quantitative estimate of drug-likeness (QED) is 0.623. The topological polar surface area (TPSA) is 111 Å². The molecule has 0 aliphatic heterocycles. The first kappa shape index (κ1) is 18.0. The Balaban J connectivity index is 1.83. The van der Waals surface area contributed by atoms with Crippen LogP contribution in [0.25, 0.3) is 11.3 Å². The highest BCUT2D eigenvalue weighted by Crippen LogP contribution is 2.21. The second kappa shape index (κ2) is 8.56. The molecule has 0 aliphatic rings. The molecule has 0 radical (unpaired) electrons. The molecule has 0 spiro atoms. The van der Waals surface area contributed by atoms with E-state index in [9.17, 15) is 4.79 Å². The fraction of sp³-hybridized carbons (Fsp3) is 0.100. The first-order valence-electron chi connectivity index (χ1n) is 8.28. The Morgan fingerprint density at radius 3 is 2.81 bits per heavy atom. The van der Waals surface area contributed by atoms with Crippen molar-refractivity contribution in [1.29, 1.82) is 5.26 Å². The van der Waals surface area contributed by atoms with E-state index in [1.165, 1.54) is 0 Å². The van der Waals surface area contributed by atoms with E-state index in [1.54, 1.807) is 48.8 Å². The summed E-state index contributed by atoms with van der Waals surface area (Å²) >= 11 is 0. The summed E-state index contributed by atoms with van der Waals surface area (Å²) in [5, 5.41) is 23.6. The average Bonchev–Trinajstić information content (AvgIpc) is 2.72. The number of hydrogen-bond acceptors (Lipinski definition) is 6. The van der Waals surface area contributed by atoms with Crippen molar-refractivity contribution in [3.05, 3.63) is 72.1 Å². The number of amides is 1. The minimum Gasteiger partial charge on any atom is -0.395 e. The predicted molar refractivity (Wildman–Crippen MR) is 101 cm³/mol. The number of aliphatic hydroxyl groups is 1. The lowest BCUT2D eigenvalue weighted by molar-refractivity contribution is 0.0945. The number of carbonyl (C=O) groups excluding carboxylic acids is 1. The van der Waals surface area contributed by atoms with E-state index >= 15 is 0 Å². The van der Waals surface area contributed by atoms with Gasteiger partial charge in [-0.15, -0.1) is 0 Å². The molecule has 0 saturated heterocycles. The summed E-state index contributed by atoms with van der Waals surface area (Å²) in [5.41, 5.74) is 3.10. The van der Waals surface area contributed by atoms with Crippen molar-refractivity contribution in [2.24, 2.45) is 0 Å². The molecule has 0 aliphatic carbocycles. The van der Waals surface area contributed by atoms with E-state index < -0.39 is 0 Å². The summed E-state index contributed by atoms with van der Waals surface area (Å²) in [6.07, 6.45) is 3.20. The molecule has 1 heterocycles. The SMILES string of the molecule is N#Cc1cccc(Nc2cncc(-c3cccc(C(=O)NCCO)c3)n2)c1. The van der Waals surface area contributed by atoms with Crippen LogP contribution in [0, 0.1) is 11.3 Å². The number of nitrogens with zero attached hydrogens (tertiary/aromatic N) is 3. The minimum atomic E-state index is -0.263. The fourth-order valence-electron chi connectivity index (χ4n) is 2.47. The molecule has 0 atom stereocenters. The summed E-state index contributed by atoms with van der Waals surface area (Å²) < 4.78 is 0. The summed E-state index contributed by atoms with van der Waals surface area (Å²) in [6.45, 7) is 0.0850. The van der Waals surface area contributed by atoms with Crippen molar-refractivity contribution in [2.45, 2.75) is 0 Å². The Bertz CT molecular complexity index is 997. The van der Waals surface area contributed by atoms with Gasteiger partial charge in [0.25, 0.3) is 5.91 Å². The van der Waals surface area contributed by atoms with E-state index in [1.807, 2.05) is 12.1 Å². The normalized spacial score (nSPS) is 10.1. The molecule has 27 heavy (non-hydrogen) atoms. The number of nitrogens with one attached hydrogen (secondary N) is 2. The van der Waals surface area contributed by atoms with Crippen LogP contribution >= 0.6 is 0 Å². The van der Waals surface area contributed by atoms with Gasteiger partial charge in [0.15, 0.2) is 0 Å². The molecule has 134 valence electrons. The Kier molecular flexibility index (Phi) is 5.72. The van der Waals surface area contributed by atoms with Gasteiger partial charge in [-0.25, -0.2) is 4.98 Å². The van der Waals surface area contributed by atoms with Crippen molar-refractivity contribution in [2.75, 3.05) is 18.5 Å². The molecule has 3 aromatic rings. The summed E-state index contributed by atoms with van der Waals surface area (Å²) in [7, 11) is 0. The zero-order valence-corrected chi connectivity index (χ0v) is 14.4. The zero-order valence-electron chi connectivity index (χ0n) is 14.4. The molecular weight excluding hydrogens is 342 g/mol. The molecule has 0 unspecified atom stereocenters. The number of rotatable bonds is 6. The van der Waals surface area contributed by atoms with Gasteiger partial charge in [0.05, 0.1) is 36.3 Å². The van der Waals surface area contributed by atoms with Crippen LogP contribution < -0.4 is 10.6 Å². The molecule has 7 heteroatoms. The van der Waals surface area contributed by atoms with Gasteiger partial charge in [0, 0.05) is 23.4 Å². The molecule has 0 bridgehead atoms. The van der Waals surface area contributed by atoms with Crippen molar-refractivity contribution >= 4 is 17.4 Å². The lowest BCUT2D eigenvalue weighted by Gasteiger charge is -2.09. The third-order valence-electron chi connectivity index (χ3n) is 3.72. The van der Waals surface area contributed by atoms with Crippen LogP contribution in [-0.2, 0) is 0 Å². The van der Waals surface area contributed by atoms with Crippen LogP contribution in [0.1, 0.15) is 15.9 Å². The molecule has 1 aromatic heterocycles. The highest BCUT2D eigenvalue weighted by Gasteiger charge is 2.08. The molecule has 3 rings (SSSR count). The zero-order chi connectivity index (χ0) is 19.1. The predicted octanol–water partition coefficient (Wildman–Crippen LogP) is 2.48. The third kappa shape index (κ3) is 4.66. The molecule has 7 nitrogen and oxygen atoms in total. The smallest absolute Gasteiger partial charge is 0.251 e. The number of hydrogen-bond donors (Lipinski definition) is 3. The minimum absolute atomic E-state index is 0.113. The van der Waals surface area contributed by atoms with Gasteiger partial charge < -0.3 is 15.7 Å². The molecule has 0 fully saturated rings. The maximum Gasteiger partial charge on any atom is 0.251 e. The van der Waals surface area contributed by atoms with Gasteiger partial charge in [-0.05, 0) is 30.3 Å². The van der Waals surface area contributed by atoms with E-state index in [4.69, 9.17) is 10.4 Å². The van der Waals surface area contributed by atoms with Crippen molar-refractivity contribution in [1.82, 2.24) is 15.3 Å². The van der Waals surface area contributed by atoms with Crippen molar-refractivity contribution in [3.8, 4) is 17.3 Å². The standard InChI is InChI=1S/C20H17N5O2/c21-11-14-3-1-6-17(9-14)24-19-13-22-12-18(25-19)15-4-2-5-16(10-15)20(27)23-7-8-26/h1-6,9-10,12-13,26H,7-8H2,(H,23,27)(H,24,25). The third-order valence-corrected chi connectivity index (χ3v) is 3.72. The van der Waals surface area contributed by atoms with Gasteiger partial charge in [-0.3, -0.25) is 9.78 Å². The highest BCUT2D eigenvalue weighted by molar-refractivity contribution is 5.95. The van der Waals surface area contributed by atoms with E-state index in [0.717, 1.165) is 11.3 Å². The summed E-state index contributed by atoms with van der Waals surface area (Å²) in [5.74, 6) is 0.263. The van der Waals surface area contributed by atoms with Gasteiger partial charge in [-0.2, -0.15) is 5.26 Å². The lowest BCUT2D eigenvalue weighted by atomic mass is 10.1. The number of benzene rings is 2. The van der Waals surface area contributed by atoms with Crippen LogP contribution in [0.15, 0.2) is 60.9 Å². The molecule has 3 N–H and O–H groups in total. The number of aromatic nitrogens is 2. The molecular formula is C20H17N5O2. The van der Waals surface area contributed by atoms with Crippen LogP contribution in [0.2, 0.25) is 0 Å². The molecule has 0 saturated carbocycles. The Labute approximate surface area is 156 Å². The van der Waals surface area contributed by atoms with Crippen LogP contribution in [0.4, 0.5) is 11.5 Å². The van der Waals surface area contributed by atoms with Crippen LogP contribution in [-0.4, -0.2) is 34.1 Å². The monoisotopic (exact) mass is 359 g/mol. The highest BCUT2D eigenvalue weighted by atomic mass is 16.3. The number of aliphatic hydroxyl groups excluding tert-OH is 1. The summed E-state index contributed by atoms with van der Waals surface area (Å²) in [6, 6.07) is 16.2. The second-order valence-electron chi connectivity index (χ2n) is 5.67. The molecule has 2 aromatic carbocycles. The average molecular weight is 359 g/mol. The maximum absolute atomic E-state index is 12.1. The first-order valence-corrected chi connectivity index (χ1v) is 8.28. The number of nitriles is 1. The van der Waals surface area contributed by atoms with E-state index in [2.05, 4.69) is 26.7 Å². The van der Waals surface area contributed by atoms with Gasteiger partial charge >= 0.3 is 0 Å².